The normalized spacial score (nSPS) is 9.65. The number of benzene rings is 1. The lowest BCUT2D eigenvalue weighted by atomic mass is 10.2. The Balaban J connectivity index is 2.57. The van der Waals surface area contributed by atoms with Gasteiger partial charge in [-0.15, -0.1) is 0 Å². The number of carbonyl (C=O) groups excluding carboxylic acids is 1. The molecule has 1 aromatic carbocycles. The molecule has 0 atom stereocenters. The minimum Gasteiger partial charge on any atom is -0.481 e. The maximum atomic E-state index is 11.8. The zero-order chi connectivity index (χ0) is 15.1. The number of aliphatic carboxylic acids is 1. The van der Waals surface area contributed by atoms with E-state index < -0.39 is 5.97 Å². The van der Waals surface area contributed by atoms with Gasteiger partial charge in [0.2, 0.25) is 0 Å². The van der Waals surface area contributed by atoms with E-state index in [9.17, 15) is 9.59 Å². The standard InChI is InChI=1S/C13H14ClN3O3/c1-17(6-2-3-12(18)19)13(20)16-11-5-4-9(8-15)7-10(11)14/h4-5,7H,2-3,6H2,1H3,(H,16,20)(H,18,19). The number of carbonyl (C=O) groups is 2. The molecule has 0 aromatic heterocycles. The summed E-state index contributed by atoms with van der Waals surface area (Å²) in [6, 6.07) is 6.11. The van der Waals surface area contributed by atoms with E-state index in [1.54, 1.807) is 19.2 Å². The molecular formula is C13H14ClN3O3. The van der Waals surface area contributed by atoms with Crippen LogP contribution in [0.5, 0.6) is 0 Å². The quantitative estimate of drug-likeness (QED) is 0.873. The second kappa shape index (κ2) is 7.36. The first kappa shape index (κ1) is 15.8. The molecule has 20 heavy (non-hydrogen) atoms. The summed E-state index contributed by atoms with van der Waals surface area (Å²) < 4.78 is 0. The number of hydrogen-bond donors (Lipinski definition) is 2. The van der Waals surface area contributed by atoms with Gasteiger partial charge < -0.3 is 15.3 Å². The lowest BCUT2D eigenvalue weighted by molar-refractivity contribution is -0.137. The largest absolute Gasteiger partial charge is 0.481 e. The van der Waals surface area contributed by atoms with E-state index in [4.69, 9.17) is 22.0 Å². The Morgan fingerprint density at radius 3 is 2.75 bits per heavy atom. The van der Waals surface area contributed by atoms with Crippen LogP contribution in [0, 0.1) is 11.3 Å². The molecule has 0 unspecified atom stereocenters. The number of halogens is 1. The van der Waals surface area contributed by atoms with E-state index in [-0.39, 0.29) is 17.5 Å². The third kappa shape index (κ3) is 4.78. The molecule has 106 valence electrons. The number of nitrogens with one attached hydrogen (secondary N) is 1. The van der Waals surface area contributed by atoms with Crippen LogP contribution in [0.2, 0.25) is 5.02 Å². The van der Waals surface area contributed by atoms with Gasteiger partial charge in [-0.2, -0.15) is 5.26 Å². The van der Waals surface area contributed by atoms with Crippen molar-refractivity contribution < 1.29 is 14.7 Å². The molecule has 0 bridgehead atoms. The van der Waals surface area contributed by atoms with Crippen LogP contribution < -0.4 is 5.32 Å². The van der Waals surface area contributed by atoms with Crippen LogP contribution >= 0.6 is 11.6 Å². The molecule has 1 rings (SSSR count). The monoisotopic (exact) mass is 295 g/mol. The smallest absolute Gasteiger partial charge is 0.321 e. The minimum atomic E-state index is -0.894. The molecule has 2 amide bonds. The summed E-state index contributed by atoms with van der Waals surface area (Å²) in [7, 11) is 1.56. The van der Waals surface area contributed by atoms with Gasteiger partial charge in [0.15, 0.2) is 0 Å². The van der Waals surface area contributed by atoms with Crippen molar-refractivity contribution in [3.63, 3.8) is 0 Å². The molecule has 0 aliphatic rings. The van der Waals surface area contributed by atoms with Gasteiger partial charge in [-0.1, -0.05) is 11.6 Å². The van der Waals surface area contributed by atoms with Gasteiger partial charge >= 0.3 is 12.0 Å². The van der Waals surface area contributed by atoms with Crippen LogP contribution in [0.4, 0.5) is 10.5 Å². The average molecular weight is 296 g/mol. The van der Waals surface area contributed by atoms with Crippen molar-refractivity contribution in [1.82, 2.24) is 4.90 Å². The summed E-state index contributed by atoms with van der Waals surface area (Å²) >= 11 is 5.94. The van der Waals surface area contributed by atoms with Crippen molar-refractivity contribution in [1.29, 1.82) is 5.26 Å². The molecule has 6 nitrogen and oxygen atoms in total. The van der Waals surface area contributed by atoms with Crippen LogP contribution in [0.25, 0.3) is 0 Å². The SMILES string of the molecule is CN(CCCC(=O)O)C(=O)Nc1ccc(C#N)cc1Cl. The Morgan fingerprint density at radius 1 is 1.50 bits per heavy atom. The highest BCUT2D eigenvalue weighted by Crippen LogP contribution is 2.23. The van der Waals surface area contributed by atoms with Crippen LogP contribution in [-0.4, -0.2) is 35.6 Å². The molecule has 0 radical (unpaired) electrons. The van der Waals surface area contributed by atoms with E-state index in [0.29, 0.717) is 24.2 Å². The molecule has 0 spiro atoms. The highest BCUT2D eigenvalue weighted by atomic mass is 35.5. The van der Waals surface area contributed by atoms with Crippen molar-refractivity contribution in [2.75, 3.05) is 18.9 Å². The van der Waals surface area contributed by atoms with E-state index in [0.717, 1.165) is 0 Å². The molecular weight excluding hydrogens is 282 g/mol. The zero-order valence-electron chi connectivity index (χ0n) is 10.9. The molecule has 0 aliphatic carbocycles. The van der Waals surface area contributed by atoms with Crippen LogP contribution in [0.3, 0.4) is 0 Å². The van der Waals surface area contributed by atoms with E-state index >= 15 is 0 Å². The first-order chi connectivity index (χ1) is 9.43. The van der Waals surface area contributed by atoms with E-state index in [1.165, 1.54) is 11.0 Å². The Hall–Kier alpha value is -2.26. The highest BCUT2D eigenvalue weighted by molar-refractivity contribution is 6.33. The van der Waals surface area contributed by atoms with Gasteiger partial charge in [0.05, 0.1) is 22.3 Å². The van der Waals surface area contributed by atoms with Gasteiger partial charge in [0.25, 0.3) is 0 Å². The fourth-order valence-electron chi connectivity index (χ4n) is 1.47. The number of carboxylic acids is 1. The maximum Gasteiger partial charge on any atom is 0.321 e. The van der Waals surface area contributed by atoms with Crippen LogP contribution in [-0.2, 0) is 4.79 Å². The van der Waals surface area contributed by atoms with Crippen molar-refractivity contribution in [2.24, 2.45) is 0 Å². The molecule has 2 N–H and O–H groups in total. The lowest BCUT2D eigenvalue weighted by Gasteiger charge is -2.18. The maximum absolute atomic E-state index is 11.8. The summed E-state index contributed by atoms with van der Waals surface area (Å²) in [6.45, 7) is 0.325. The Labute approximate surface area is 121 Å². The molecule has 0 fully saturated rings. The van der Waals surface area contributed by atoms with Gasteiger partial charge in [0.1, 0.15) is 0 Å². The van der Waals surface area contributed by atoms with Gasteiger partial charge in [-0.05, 0) is 24.6 Å². The Kier molecular flexibility index (Phi) is 5.81. The number of nitriles is 1. The third-order valence-corrected chi connectivity index (χ3v) is 2.88. The Morgan fingerprint density at radius 2 is 2.20 bits per heavy atom. The zero-order valence-corrected chi connectivity index (χ0v) is 11.6. The molecule has 0 saturated carbocycles. The predicted octanol–water partition coefficient (Wildman–Crippen LogP) is 2.54. The van der Waals surface area contributed by atoms with Gasteiger partial charge in [-0.25, -0.2) is 4.79 Å². The van der Waals surface area contributed by atoms with Gasteiger partial charge in [0, 0.05) is 20.0 Å². The number of hydrogen-bond acceptors (Lipinski definition) is 3. The summed E-state index contributed by atoms with van der Waals surface area (Å²) in [4.78, 5) is 23.6. The second-order valence-electron chi connectivity index (χ2n) is 4.16. The highest BCUT2D eigenvalue weighted by Gasteiger charge is 2.11. The molecule has 1 aromatic rings. The first-order valence-corrected chi connectivity index (χ1v) is 6.25. The van der Waals surface area contributed by atoms with Crippen molar-refractivity contribution in [3.05, 3.63) is 28.8 Å². The van der Waals surface area contributed by atoms with E-state index in [1.807, 2.05) is 6.07 Å². The van der Waals surface area contributed by atoms with Gasteiger partial charge in [-0.3, -0.25) is 4.79 Å². The summed E-state index contributed by atoms with van der Waals surface area (Å²) in [6.07, 6.45) is 0.385. The Bertz CT molecular complexity index is 554. The average Bonchev–Trinajstić information content (AvgIpc) is 2.40. The number of rotatable bonds is 5. The first-order valence-electron chi connectivity index (χ1n) is 5.87. The number of nitrogens with zero attached hydrogens (tertiary/aromatic N) is 2. The molecule has 0 heterocycles. The van der Waals surface area contributed by atoms with Crippen molar-refractivity contribution in [2.45, 2.75) is 12.8 Å². The lowest BCUT2D eigenvalue weighted by Crippen LogP contribution is -2.32. The molecule has 0 aliphatic heterocycles. The second-order valence-corrected chi connectivity index (χ2v) is 4.56. The number of urea groups is 1. The van der Waals surface area contributed by atoms with E-state index in [2.05, 4.69) is 5.32 Å². The summed E-state index contributed by atoms with van der Waals surface area (Å²) in [5.74, 6) is -0.894. The third-order valence-electron chi connectivity index (χ3n) is 2.57. The number of carboxylic acid groups (broad SMARTS) is 1. The van der Waals surface area contributed by atoms with Crippen LogP contribution in [0.1, 0.15) is 18.4 Å². The summed E-state index contributed by atoms with van der Waals surface area (Å²) in [5, 5.41) is 20.1. The number of anilines is 1. The van der Waals surface area contributed by atoms with Crippen molar-refractivity contribution >= 4 is 29.3 Å². The van der Waals surface area contributed by atoms with Crippen molar-refractivity contribution in [3.8, 4) is 6.07 Å². The van der Waals surface area contributed by atoms with Crippen LogP contribution in [0.15, 0.2) is 18.2 Å². The molecule has 0 saturated heterocycles. The topological polar surface area (TPSA) is 93.4 Å². The fraction of sp³-hybridized carbons (Fsp3) is 0.308. The minimum absolute atomic E-state index is 0.00917. The predicted molar refractivity (Wildman–Crippen MR) is 74.7 cm³/mol. The fourth-order valence-corrected chi connectivity index (χ4v) is 1.69. The summed E-state index contributed by atoms with van der Waals surface area (Å²) in [5.41, 5.74) is 0.809. The molecule has 7 heteroatoms. The number of amides is 2.